The van der Waals surface area contributed by atoms with Crippen molar-refractivity contribution in [1.29, 1.82) is 5.26 Å². The molecular weight excluding hydrogens is 367 g/mol. The first-order valence-electron chi connectivity index (χ1n) is 8.44. The fraction of sp³-hybridized carbons (Fsp3) is 0.250. The fourth-order valence-electron chi connectivity index (χ4n) is 2.19. The molecule has 0 atom stereocenters. The van der Waals surface area contributed by atoms with Gasteiger partial charge in [0, 0.05) is 12.1 Å². The number of rotatable bonds is 9. The number of amides is 1. The molecule has 146 valence electrons. The number of nitriles is 1. The van der Waals surface area contributed by atoms with E-state index in [1.807, 2.05) is 6.07 Å². The number of unbranched alkanes of at least 4 members (excludes halogenated alkanes) is 1. The van der Waals surface area contributed by atoms with Crippen molar-refractivity contribution in [1.82, 2.24) is 0 Å². The van der Waals surface area contributed by atoms with E-state index in [0.717, 1.165) is 0 Å². The number of carbonyl (C=O) groups is 2. The van der Waals surface area contributed by atoms with E-state index in [1.54, 1.807) is 0 Å². The fourth-order valence-corrected chi connectivity index (χ4v) is 2.19. The lowest BCUT2D eigenvalue weighted by Crippen LogP contribution is -2.20. The van der Waals surface area contributed by atoms with Crippen LogP contribution in [0, 0.1) is 17.1 Å². The van der Waals surface area contributed by atoms with Gasteiger partial charge in [-0.2, -0.15) is 5.26 Å². The predicted molar refractivity (Wildman–Crippen MR) is 98.6 cm³/mol. The number of hydrogen-bond donors (Lipinski definition) is 1. The highest BCUT2D eigenvalue weighted by Gasteiger charge is 2.13. The number of nitrogens with zero attached hydrogens (tertiary/aromatic N) is 1. The van der Waals surface area contributed by atoms with Crippen molar-refractivity contribution < 1.29 is 28.2 Å². The maximum absolute atomic E-state index is 12.9. The van der Waals surface area contributed by atoms with Crippen molar-refractivity contribution in [3.63, 3.8) is 0 Å². The van der Waals surface area contributed by atoms with E-state index in [2.05, 4.69) is 5.32 Å². The third-order valence-electron chi connectivity index (χ3n) is 3.55. The molecule has 1 N–H and O–H groups in total. The minimum Gasteiger partial charge on any atom is -0.493 e. The molecule has 0 radical (unpaired) electrons. The molecular formula is C20H19FN2O5. The molecule has 7 nitrogen and oxygen atoms in total. The van der Waals surface area contributed by atoms with Gasteiger partial charge >= 0.3 is 5.97 Å². The second-order valence-electron chi connectivity index (χ2n) is 5.61. The summed E-state index contributed by atoms with van der Waals surface area (Å²) >= 11 is 0. The Morgan fingerprint density at radius 2 is 1.89 bits per heavy atom. The van der Waals surface area contributed by atoms with Crippen LogP contribution in [0.15, 0.2) is 42.5 Å². The Balaban J connectivity index is 1.92. The summed E-state index contributed by atoms with van der Waals surface area (Å²) in [6.45, 7) is -0.151. The average Bonchev–Trinajstić information content (AvgIpc) is 2.71. The molecule has 0 aliphatic heterocycles. The van der Waals surface area contributed by atoms with Crippen molar-refractivity contribution in [2.45, 2.75) is 12.8 Å². The molecule has 0 saturated carbocycles. The van der Waals surface area contributed by atoms with Gasteiger partial charge in [0.15, 0.2) is 18.1 Å². The first-order valence-corrected chi connectivity index (χ1v) is 8.44. The van der Waals surface area contributed by atoms with E-state index in [9.17, 15) is 14.0 Å². The third-order valence-corrected chi connectivity index (χ3v) is 3.55. The van der Waals surface area contributed by atoms with E-state index in [4.69, 9.17) is 19.5 Å². The lowest BCUT2D eigenvalue weighted by atomic mass is 10.2. The number of esters is 1. The van der Waals surface area contributed by atoms with Crippen LogP contribution in [-0.2, 0) is 9.53 Å². The van der Waals surface area contributed by atoms with Gasteiger partial charge < -0.3 is 19.5 Å². The van der Waals surface area contributed by atoms with Gasteiger partial charge in [0.2, 0.25) is 0 Å². The molecule has 0 bridgehead atoms. The SMILES string of the molecule is COc1cc(C(=O)OCCCC#N)ccc1OCC(=O)Nc1ccc(F)cc1. The summed E-state index contributed by atoms with van der Waals surface area (Å²) in [6, 6.07) is 11.7. The van der Waals surface area contributed by atoms with Gasteiger partial charge in [0.25, 0.3) is 5.91 Å². The Labute approximate surface area is 161 Å². The van der Waals surface area contributed by atoms with Gasteiger partial charge in [-0.3, -0.25) is 4.79 Å². The quantitative estimate of drug-likeness (QED) is 0.524. The minimum absolute atomic E-state index is 0.149. The molecule has 0 saturated heterocycles. The molecule has 2 rings (SSSR count). The van der Waals surface area contributed by atoms with Gasteiger partial charge in [-0.15, -0.1) is 0 Å². The summed E-state index contributed by atoms with van der Waals surface area (Å²) in [5.41, 5.74) is 0.702. The van der Waals surface area contributed by atoms with Crippen LogP contribution in [0.25, 0.3) is 0 Å². The zero-order chi connectivity index (χ0) is 20.4. The van der Waals surface area contributed by atoms with E-state index < -0.39 is 17.7 Å². The van der Waals surface area contributed by atoms with Crippen LogP contribution in [0.1, 0.15) is 23.2 Å². The molecule has 0 spiro atoms. The highest BCUT2D eigenvalue weighted by Crippen LogP contribution is 2.28. The van der Waals surface area contributed by atoms with E-state index in [0.29, 0.717) is 18.5 Å². The number of benzene rings is 2. The van der Waals surface area contributed by atoms with Gasteiger partial charge in [-0.05, 0) is 48.9 Å². The molecule has 0 aliphatic carbocycles. The number of nitrogens with one attached hydrogen (secondary N) is 1. The zero-order valence-corrected chi connectivity index (χ0v) is 15.2. The smallest absolute Gasteiger partial charge is 0.338 e. The van der Waals surface area contributed by atoms with Crippen LogP contribution < -0.4 is 14.8 Å². The second kappa shape index (κ2) is 10.5. The molecule has 0 heterocycles. The lowest BCUT2D eigenvalue weighted by molar-refractivity contribution is -0.118. The maximum atomic E-state index is 12.9. The summed E-state index contributed by atoms with van der Waals surface area (Å²) in [7, 11) is 1.41. The Morgan fingerprint density at radius 1 is 1.14 bits per heavy atom. The number of anilines is 1. The standard InChI is InChI=1S/C20H19FN2O5/c1-26-18-12-14(20(25)27-11-3-2-10-22)4-9-17(18)28-13-19(24)23-16-7-5-15(21)6-8-16/h4-9,12H,2-3,11,13H2,1H3,(H,23,24). The van der Waals surface area contributed by atoms with Crippen LogP contribution in [0.5, 0.6) is 11.5 Å². The van der Waals surface area contributed by atoms with Gasteiger partial charge in [-0.25, -0.2) is 9.18 Å². The normalized spacial score (nSPS) is 9.89. The third kappa shape index (κ3) is 6.29. The van der Waals surface area contributed by atoms with Gasteiger partial charge in [0.05, 0.1) is 25.3 Å². The number of carbonyl (C=O) groups excluding carboxylic acids is 2. The van der Waals surface area contributed by atoms with Crippen LogP contribution in [0.4, 0.5) is 10.1 Å². The van der Waals surface area contributed by atoms with E-state index >= 15 is 0 Å². The van der Waals surface area contributed by atoms with Crippen LogP contribution in [-0.4, -0.2) is 32.2 Å². The molecule has 0 unspecified atom stereocenters. The van der Waals surface area contributed by atoms with Crippen molar-refractivity contribution in [3.8, 4) is 17.6 Å². The zero-order valence-electron chi connectivity index (χ0n) is 15.2. The van der Waals surface area contributed by atoms with Crippen LogP contribution in [0.3, 0.4) is 0 Å². The molecule has 0 fully saturated rings. The van der Waals surface area contributed by atoms with Crippen molar-refractivity contribution in [3.05, 3.63) is 53.8 Å². The second-order valence-corrected chi connectivity index (χ2v) is 5.61. The number of methoxy groups -OCH3 is 1. The summed E-state index contributed by atoms with van der Waals surface area (Å²) in [5, 5.41) is 11.0. The van der Waals surface area contributed by atoms with Gasteiger partial charge in [-0.1, -0.05) is 0 Å². The highest BCUT2D eigenvalue weighted by molar-refractivity contribution is 5.92. The lowest BCUT2D eigenvalue weighted by Gasteiger charge is -2.12. The topological polar surface area (TPSA) is 97.7 Å². The molecule has 0 aromatic heterocycles. The number of ether oxygens (including phenoxy) is 3. The number of hydrogen-bond acceptors (Lipinski definition) is 6. The first kappa shape index (κ1) is 20.7. The first-order chi connectivity index (χ1) is 13.5. The largest absolute Gasteiger partial charge is 0.493 e. The Kier molecular flexibility index (Phi) is 7.78. The molecule has 2 aromatic rings. The Hall–Kier alpha value is -3.60. The predicted octanol–water partition coefficient (Wildman–Crippen LogP) is 3.31. The molecule has 28 heavy (non-hydrogen) atoms. The van der Waals surface area contributed by atoms with Crippen molar-refractivity contribution in [2.24, 2.45) is 0 Å². The summed E-state index contributed by atoms with van der Waals surface area (Å²) in [5.74, 6) is -0.840. The molecule has 0 aliphatic rings. The molecule has 8 heteroatoms. The Morgan fingerprint density at radius 3 is 2.57 bits per heavy atom. The molecule has 2 aromatic carbocycles. The summed E-state index contributed by atoms with van der Waals surface area (Å²) in [6.07, 6.45) is 0.771. The highest BCUT2D eigenvalue weighted by atomic mass is 19.1. The summed E-state index contributed by atoms with van der Waals surface area (Å²) in [4.78, 5) is 23.9. The number of halogens is 1. The minimum atomic E-state index is -0.545. The van der Waals surface area contributed by atoms with Crippen LogP contribution >= 0.6 is 0 Å². The Bertz CT molecular complexity index is 862. The van der Waals surface area contributed by atoms with E-state index in [-0.39, 0.29) is 30.3 Å². The van der Waals surface area contributed by atoms with E-state index in [1.165, 1.54) is 49.6 Å². The average molecular weight is 386 g/mol. The van der Waals surface area contributed by atoms with Gasteiger partial charge in [0.1, 0.15) is 5.82 Å². The molecule has 1 amide bonds. The van der Waals surface area contributed by atoms with Crippen molar-refractivity contribution >= 4 is 17.6 Å². The summed E-state index contributed by atoms with van der Waals surface area (Å²) < 4.78 is 28.6. The maximum Gasteiger partial charge on any atom is 0.338 e. The van der Waals surface area contributed by atoms with Crippen molar-refractivity contribution in [2.75, 3.05) is 25.6 Å². The van der Waals surface area contributed by atoms with Crippen LogP contribution in [0.2, 0.25) is 0 Å². The monoisotopic (exact) mass is 386 g/mol.